The largest absolute Gasteiger partial charge is 0.298 e. The van der Waals surface area contributed by atoms with Crippen molar-refractivity contribution in [1.29, 1.82) is 0 Å². The van der Waals surface area contributed by atoms with Crippen molar-refractivity contribution in [2.24, 2.45) is 0 Å². The number of hydrogen-bond donors (Lipinski definition) is 0. The third-order valence-electron chi connectivity index (χ3n) is 3.31. The zero-order chi connectivity index (χ0) is 12.5. The Labute approximate surface area is 113 Å². The van der Waals surface area contributed by atoms with E-state index in [0.29, 0.717) is 11.4 Å². The quantitative estimate of drug-likeness (QED) is 0.847. The molecule has 0 aromatic carbocycles. The minimum atomic E-state index is -0.00468. The van der Waals surface area contributed by atoms with Crippen molar-refractivity contribution in [3.8, 4) is 10.6 Å². The van der Waals surface area contributed by atoms with Crippen LogP contribution < -0.4 is 5.43 Å². The maximum Gasteiger partial charge on any atom is 0.230 e. The summed E-state index contributed by atoms with van der Waals surface area (Å²) in [5.41, 5.74) is 1.22. The molecule has 1 aliphatic rings. The molecule has 1 fully saturated rings. The lowest BCUT2D eigenvalue weighted by Crippen LogP contribution is -2.25. The highest BCUT2D eigenvalue weighted by molar-refractivity contribution is 7.13. The second kappa shape index (κ2) is 4.87. The van der Waals surface area contributed by atoms with Crippen LogP contribution in [-0.4, -0.2) is 27.2 Å². The number of likely N-dealkylation sites (tertiary alicyclic amines) is 1. The average Bonchev–Trinajstić information content (AvgIpc) is 3.01. The Hall–Kier alpha value is -1.11. The Kier molecular flexibility index (Phi) is 3.23. The van der Waals surface area contributed by atoms with Gasteiger partial charge in [0.1, 0.15) is 11.4 Å². The zero-order valence-electron chi connectivity index (χ0n) is 10.00. The van der Waals surface area contributed by atoms with Crippen LogP contribution in [-0.2, 0) is 0 Å². The lowest BCUT2D eigenvalue weighted by atomic mass is 10.1. The van der Waals surface area contributed by atoms with Crippen LogP contribution in [0.15, 0.2) is 22.3 Å². The molecule has 0 N–H and O–H groups in total. The summed E-state index contributed by atoms with van der Waals surface area (Å²) in [6.07, 6.45) is 2.14. The fraction of sp³-hybridized carbons (Fsp3) is 0.417. The second-order valence-electron chi connectivity index (χ2n) is 4.44. The lowest BCUT2D eigenvalue weighted by molar-refractivity contribution is 0.311. The predicted molar refractivity (Wildman–Crippen MR) is 74.1 cm³/mol. The highest BCUT2D eigenvalue weighted by Gasteiger charge is 2.27. The lowest BCUT2D eigenvalue weighted by Gasteiger charge is -2.17. The normalized spacial score (nSPS) is 20.4. The molecule has 0 amide bonds. The molecule has 1 unspecified atom stereocenters. The summed E-state index contributed by atoms with van der Waals surface area (Å²) in [4.78, 5) is 15.6. The number of thiophene rings is 1. The summed E-state index contributed by atoms with van der Waals surface area (Å²) in [5, 5.41) is 1.96. The molecule has 6 heteroatoms. The fourth-order valence-electron chi connectivity index (χ4n) is 2.35. The van der Waals surface area contributed by atoms with Gasteiger partial charge >= 0.3 is 0 Å². The molecule has 2 aromatic rings. The Morgan fingerprint density at radius 3 is 3.00 bits per heavy atom. The van der Waals surface area contributed by atoms with Gasteiger partial charge in [-0.15, -0.1) is 11.3 Å². The topological polar surface area (TPSA) is 46.1 Å². The summed E-state index contributed by atoms with van der Waals surface area (Å²) < 4.78 is 8.45. The minimum Gasteiger partial charge on any atom is -0.298 e. The van der Waals surface area contributed by atoms with Crippen LogP contribution in [0, 0.1) is 0 Å². The van der Waals surface area contributed by atoms with E-state index in [2.05, 4.69) is 20.7 Å². The van der Waals surface area contributed by atoms with Gasteiger partial charge in [-0.05, 0) is 37.9 Å². The number of rotatable bonds is 2. The van der Waals surface area contributed by atoms with Crippen molar-refractivity contribution in [2.45, 2.75) is 18.9 Å². The van der Waals surface area contributed by atoms with Gasteiger partial charge in [-0.2, -0.15) is 8.75 Å². The molecule has 2 aromatic heterocycles. The molecule has 94 valence electrons. The first-order valence-electron chi connectivity index (χ1n) is 5.88. The molecule has 1 atom stereocenters. The number of aromatic nitrogens is 2. The molecular formula is C12H13N3OS2. The van der Waals surface area contributed by atoms with Crippen molar-refractivity contribution >= 4 is 23.1 Å². The van der Waals surface area contributed by atoms with E-state index in [9.17, 15) is 4.79 Å². The molecule has 3 rings (SSSR count). The van der Waals surface area contributed by atoms with Crippen molar-refractivity contribution in [2.75, 3.05) is 13.6 Å². The summed E-state index contributed by atoms with van der Waals surface area (Å²) in [6, 6.07) is 4.03. The predicted octanol–water partition coefficient (Wildman–Crippen LogP) is 2.39. The van der Waals surface area contributed by atoms with Gasteiger partial charge in [-0.25, -0.2) is 0 Å². The van der Waals surface area contributed by atoms with Gasteiger partial charge < -0.3 is 0 Å². The Bertz CT molecular complexity index is 594. The Morgan fingerprint density at radius 2 is 2.33 bits per heavy atom. The van der Waals surface area contributed by atoms with E-state index in [1.165, 1.54) is 0 Å². The SMILES string of the molecule is CN1CCCC1c1nsnc(-c2cccs2)c1=O. The smallest absolute Gasteiger partial charge is 0.230 e. The average molecular weight is 279 g/mol. The summed E-state index contributed by atoms with van der Waals surface area (Å²) >= 11 is 2.68. The van der Waals surface area contributed by atoms with E-state index in [1.54, 1.807) is 11.3 Å². The fourth-order valence-corrected chi connectivity index (χ4v) is 3.71. The van der Waals surface area contributed by atoms with Gasteiger partial charge in [-0.1, -0.05) is 6.07 Å². The first-order chi connectivity index (χ1) is 8.77. The maximum absolute atomic E-state index is 12.5. The van der Waals surface area contributed by atoms with Gasteiger partial charge in [0.15, 0.2) is 0 Å². The van der Waals surface area contributed by atoms with Gasteiger partial charge in [0, 0.05) is 0 Å². The van der Waals surface area contributed by atoms with Crippen molar-refractivity contribution in [3.63, 3.8) is 0 Å². The molecule has 0 bridgehead atoms. The summed E-state index contributed by atoms with van der Waals surface area (Å²) in [5.74, 6) is 0. The highest BCUT2D eigenvalue weighted by atomic mass is 32.1. The second-order valence-corrected chi connectivity index (χ2v) is 5.92. The van der Waals surface area contributed by atoms with Gasteiger partial charge in [-0.3, -0.25) is 9.69 Å². The molecular weight excluding hydrogens is 266 g/mol. The standard InChI is InChI=1S/C12H13N3OS2/c1-15-6-2-4-8(15)10-12(16)11(14-18-13-10)9-5-3-7-17-9/h3,5,7-8H,2,4,6H2,1H3. The van der Waals surface area contributed by atoms with E-state index in [-0.39, 0.29) is 11.5 Å². The van der Waals surface area contributed by atoms with Crippen molar-refractivity contribution in [3.05, 3.63) is 33.4 Å². The third-order valence-corrected chi connectivity index (χ3v) is 4.73. The van der Waals surface area contributed by atoms with Crippen molar-refractivity contribution < 1.29 is 0 Å². The van der Waals surface area contributed by atoms with E-state index in [1.807, 2.05) is 17.5 Å². The van der Waals surface area contributed by atoms with Crippen LogP contribution in [0.2, 0.25) is 0 Å². The first-order valence-corrected chi connectivity index (χ1v) is 7.49. The van der Waals surface area contributed by atoms with E-state index in [4.69, 9.17) is 0 Å². The molecule has 0 aliphatic carbocycles. The molecule has 3 heterocycles. The third kappa shape index (κ3) is 2.00. The van der Waals surface area contributed by atoms with E-state index < -0.39 is 0 Å². The Morgan fingerprint density at radius 1 is 1.44 bits per heavy atom. The molecule has 1 aliphatic heterocycles. The van der Waals surface area contributed by atoms with Gasteiger partial charge in [0.2, 0.25) is 5.43 Å². The van der Waals surface area contributed by atoms with Crippen LogP contribution in [0.3, 0.4) is 0 Å². The highest BCUT2D eigenvalue weighted by Crippen LogP contribution is 2.28. The zero-order valence-corrected chi connectivity index (χ0v) is 11.6. The Balaban J connectivity index is 2.07. The molecule has 4 nitrogen and oxygen atoms in total. The number of hydrogen-bond acceptors (Lipinski definition) is 6. The van der Waals surface area contributed by atoms with E-state index >= 15 is 0 Å². The van der Waals surface area contributed by atoms with Gasteiger partial charge in [0.25, 0.3) is 0 Å². The molecule has 0 radical (unpaired) electrons. The first kappa shape index (κ1) is 12.0. The molecule has 0 spiro atoms. The summed E-state index contributed by atoms with van der Waals surface area (Å²) in [7, 11) is 2.05. The van der Waals surface area contributed by atoms with Crippen molar-refractivity contribution in [1.82, 2.24) is 13.6 Å². The van der Waals surface area contributed by atoms with Crippen LogP contribution >= 0.6 is 23.1 Å². The summed E-state index contributed by atoms with van der Waals surface area (Å²) in [6.45, 7) is 1.03. The maximum atomic E-state index is 12.5. The van der Waals surface area contributed by atoms with Gasteiger partial charge in [0.05, 0.1) is 22.6 Å². The molecule has 0 saturated carbocycles. The molecule has 18 heavy (non-hydrogen) atoms. The molecule has 1 saturated heterocycles. The minimum absolute atomic E-state index is 0.00468. The van der Waals surface area contributed by atoms with E-state index in [0.717, 1.165) is 36.0 Å². The van der Waals surface area contributed by atoms with Crippen LogP contribution in [0.5, 0.6) is 0 Å². The van der Waals surface area contributed by atoms with Crippen LogP contribution in [0.25, 0.3) is 10.6 Å². The van der Waals surface area contributed by atoms with Crippen LogP contribution in [0.4, 0.5) is 0 Å². The number of nitrogens with zero attached hydrogens (tertiary/aromatic N) is 3. The monoisotopic (exact) mass is 279 g/mol. The van der Waals surface area contributed by atoms with Crippen LogP contribution in [0.1, 0.15) is 24.6 Å².